The first-order valence-electron chi connectivity index (χ1n) is 6.84. The van der Waals surface area contributed by atoms with Gasteiger partial charge >= 0.3 is 5.97 Å². The average Bonchev–Trinajstić information content (AvgIpc) is 2.34. The van der Waals surface area contributed by atoms with Crippen LogP contribution in [-0.4, -0.2) is 19.1 Å². The molecule has 0 amide bonds. The summed E-state index contributed by atoms with van der Waals surface area (Å²) in [6.45, 7) is 6.59. The number of carbonyl (C=O) groups is 1. The van der Waals surface area contributed by atoms with E-state index in [-0.39, 0.29) is 30.5 Å². The summed E-state index contributed by atoms with van der Waals surface area (Å²) >= 11 is 0. The third-order valence-corrected chi connectivity index (χ3v) is 2.86. The van der Waals surface area contributed by atoms with Gasteiger partial charge in [0.1, 0.15) is 12.4 Å². The topological polar surface area (TPSA) is 61.5 Å². The molecule has 0 saturated heterocycles. The lowest BCUT2D eigenvalue weighted by molar-refractivity contribution is -0.145. The van der Waals surface area contributed by atoms with Crippen LogP contribution in [0.1, 0.15) is 39.2 Å². The van der Waals surface area contributed by atoms with Crippen molar-refractivity contribution in [1.82, 2.24) is 0 Å². The van der Waals surface area contributed by atoms with Crippen LogP contribution in [0.3, 0.4) is 0 Å². The number of nitrogens with two attached hydrogens (primary N) is 1. The largest absolute Gasteiger partial charge is 0.497 e. The molecule has 1 unspecified atom stereocenters. The fourth-order valence-electron chi connectivity index (χ4n) is 2.02. The molecule has 0 bridgehead atoms. The number of carbonyl (C=O) groups excluding carboxylic acids is 1. The molecule has 112 valence electrons. The van der Waals surface area contributed by atoms with Crippen LogP contribution in [0.5, 0.6) is 5.75 Å². The first-order valence-corrected chi connectivity index (χ1v) is 6.84. The van der Waals surface area contributed by atoms with Crippen molar-refractivity contribution in [2.75, 3.05) is 7.11 Å². The fraction of sp³-hybridized carbons (Fsp3) is 0.562. The molecule has 4 heteroatoms. The van der Waals surface area contributed by atoms with E-state index in [1.54, 1.807) is 7.11 Å². The van der Waals surface area contributed by atoms with Gasteiger partial charge in [-0.3, -0.25) is 4.79 Å². The van der Waals surface area contributed by atoms with Gasteiger partial charge in [-0.15, -0.1) is 0 Å². The Balaban J connectivity index is 2.35. The molecule has 0 aliphatic carbocycles. The summed E-state index contributed by atoms with van der Waals surface area (Å²) in [6, 6.07) is 7.28. The minimum Gasteiger partial charge on any atom is -0.497 e. The highest BCUT2D eigenvalue weighted by atomic mass is 16.5. The summed E-state index contributed by atoms with van der Waals surface area (Å²) in [5, 5.41) is 0. The van der Waals surface area contributed by atoms with Crippen LogP contribution in [0.2, 0.25) is 0 Å². The van der Waals surface area contributed by atoms with Crippen LogP contribution in [0, 0.1) is 5.41 Å². The van der Waals surface area contributed by atoms with E-state index >= 15 is 0 Å². The van der Waals surface area contributed by atoms with E-state index in [0.717, 1.165) is 17.7 Å². The van der Waals surface area contributed by atoms with Gasteiger partial charge in [0.15, 0.2) is 0 Å². The third-order valence-electron chi connectivity index (χ3n) is 2.86. The first kappa shape index (κ1) is 16.5. The Morgan fingerprint density at radius 2 is 1.85 bits per heavy atom. The zero-order valence-corrected chi connectivity index (χ0v) is 12.8. The van der Waals surface area contributed by atoms with Crippen LogP contribution >= 0.6 is 0 Å². The van der Waals surface area contributed by atoms with E-state index in [4.69, 9.17) is 15.2 Å². The Bertz CT molecular complexity index is 420. The summed E-state index contributed by atoms with van der Waals surface area (Å²) in [5.74, 6) is 0.532. The number of benzene rings is 1. The summed E-state index contributed by atoms with van der Waals surface area (Å²) < 4.78 is 10.3. The lowest BCUT2D eigenvalue weighted by Gasteiger charge is -2.22. The smallest absolute Gasteiger partial charge is 0.307 e. The normalized spacial score (nSPS) is 12.8. The van der Waals surface area contributed by atoms with Crippen LogP contribution in [0.25, 0.3) is 0 Å². The molecule has 0 heterocycles. The van der Waals surface area contributed by atoms with Gasteiger partial charge in [-0.05, 0) is 29.5 Å². The molecular formula is C16H25NO3. The van der Waals surface area contributed by atoms with Crippen LogP contribution < -0.4 is 10.5 Å². The quantitative estimate of drug-likeness (QED) is 0.813. The Labute approximate surface area is 121 Å². The van der Waals surface area contributed by atoms with Crippen molar-refractivity contribution in [1.29, 1.82) is 0 Å². The highest BCUT2D eigenvalue weighted by Crippen LogP contribution is 2.21. The van der Waals surface area contributed by atoms with E-state index in [1.165, 1.54) is 0 Å². The molecule has 0 fully saturated rings. The Kier molecular flexibility index (Phi) is 6.02. The Morgan fingerprint density at radius 1 is 1.25 bits per heavy atom. The summed E-state index contributed by atoms with van der Waals surface area (Å²) in [6.07, 6.45) is 1.05. The van der Waals surface area contributed by atoms with E-state index < -0.39 is 0 Å². The molecule has 1 aromatic carbocycles. The van der Waals surface area contributed by atoms with Crippen molar-refractivity contribution in [2.24, 2.45) is 11.1 Å². The standard InChI is InChI=1S/C16H25NO3/c1-16(2,3)10-13(17)9-15(18)20-11-12-5-7-14(19-4)8-6-12/h5-8,13H,9-11,17H2,1-4H3. The Hall–Kier alpha value is -1.55. The molecule has 1 atom stereocenters. The van der Waals surface area contributed by atoms with Gasteiger partial charge in [-0.2, -0.15) is 0 Å². The lowest BCUT2D eigenvalue weighted by atomic mass is 9.87. The van der Waals surface area contributed by atoms with E-state index in [0.29, 0.717) is 0 Å². The van der Waals surface area contributed by atoms with E-state index in [1.807, 2.05) is 24.3 Å². The van der Waals surface area contributed by atoms with E-state index in [2.05, 4.69) is 20.8 Å². The van der Waals surface area contributed by atoms with Crippen molar-refractivity contribution in [3.8, 4) is 5.75 Å². The van der Waals surface area contributed by atoms with Crippen LogP contribution in [-0.2, 0) is 16.1 Å². The van der Waals surface area contributed by atoms with E-state index in [9.17, 15) is 4.79 Å². The summed E-state index contributed by atoms with van der Waals surface area (Å²) in [5.41, 5.74) is 7.00. The predicted octanol–water partition coefficient (Wildman–Crippen LogP) is 2.89. The monoisotopic (exact) mass is 279 g/mol. The summed E-state index contributed by atoms with van der Waals surface area (Å²) in [7, 11) is 1.62. The number of hydrogen-bond acceptors (Lipinski definition) is 4. The van der Waals surface area contributed by atoms with Crippen LogP contribution in [0.15, 0.2) is 24.3 Å². The summed E-state index contributed by atoms with van der Waals surface area (Å²) in [4.78, 5) is 11.7. The number of rotatable bonds is 6. The van der Waals surface area contributed by atoms with Crippen molar-refractivity contribution in [3.63, 3.8) is 0 Å². The third kappa shape index (κ3) is 6.57. The lowest BCUT2D eigenvalue weighted by Crippen LogP contribution is -2.29. The maximum Gasteiger partial charge on any atom is 0.307 e. The van der Waals surface area contributed by atoms with Gasteiger partial charge in [-0.25, -0.2) is 0 Å². The first-order chi connectivity index (χ1) is 9.30. The number of ether oxygens (including phenoxy) is 2. The highest BCUT2D eigenvalue weighted by molar-refractivity contribution is 5.70. The van der Waals surface area contributed by atoms with Crippen LogP contribution in [0.4, 0.5) is 0 Å². The molecular weight excluding hydrogens is 254 g/mol. The second-order valence-electron chi connectivity index (χ2n) is 6.24. The number of esters is 1. The fourth-order valence-corrected chi connectivity index (χ4v) is 2.02. The van der Waals surface area contributed by atoms with Crippen molar-refractivity contribution >= 4 is 5.97 Å². The second kappa shape index (κ2) is 7.29. The van der Waals surface area contributed by atoms with Gasteiger partial charge < -0.3 is 15.2 Å². The van der Waals surface area contributed by atoms with Gasteiger partial charge in [0.05, 0.1) is 13.5 Å². The second-order valence-corrected chi connectivity index (χ2v) is 6.24. The maximum absolute atomic E-state index is 11.7. The molecule has 20 heavy (non-hydrogen) atoms. The molecule has 0 spiro atoms. The van der Waals surface area contributed by atoms with Gasteiger partial charge in [0.2, 0.25) is 0 Å². The maximum atomic E-state index is 11.7. The zero-order valence-electron chi connectivity index (χ0n) is 12.8. The minimum absolute atomic E-state index is 0.121. The molecule has 2 N–H and O–H groups in total. The van der Waals surface area contributed by atoms with Crippen molar-refractivity contribution in [2.45, 2.75) is 46.3 Å². The SMILES string of the molecule is COc1ccc(COC(=O)CC(N)CC(C)(C)C)cc1. The molecule has 0 aromatic heterocycles. The molecule has 4 nitrogen and oxygen atoms in total. The Morgan fingerprint density at radius 3 is 2.35 bits per heavy atom. The number of methoxy groups -OCH3 is 1. The highest BCUT2D eigenvalue weighted by Gasteiger charge is 2.18. The number of hydrogen-bond donors (Lipinski definition) is 1. The minimum atomic E-state index is -0.252. The molecule has 0 aliphatic rings. The van der Waals surface area contributed by atoms with Crippen molar-refractivity contribution < 1.29 is 14.3 Å². The molecule has 0 radical (unpaired) electrons. The average molecular weight is 279 g/mol. The molecule has 1 rings (SSSR count). The predicted molar refractivity (Wildman–Crippen MR) is 79.5 cm³/mol. The molecule has 0 saturated carbocycles. The molecule has 0 aliphatic heterocycles. The van der Waals surface area contributed by atoms with Crippen molar-refractivity contribution in [3.05, 3.63) is 29.8 Å². The van der Waals surface area contributed by atoms with Gasteiger partial charge in [0, 0.05) is 6.04 Å². The molecule has 1 aromatic rings. The zero-order chi connectivity index (χ0) is 15.2. The van der Waals surface area contributed by atoms with Gasteiger partial charge in [-0.1, -0.05) is 32.9 Å². The van der Waals surface area contributed by atoms with Gasteiger partial charge in [0.25, 0.3) is 0 Å².